The summed E-state index contributed by atoms with van der Waals surface area (Å²) in [6.07, 6.45) is 16.8. The van der Waals surface area contributed by atoms with Crippen molar-refractivity contribution in [2.24, 2.45) is 13.0 Å². The van der Waals surface area contributed by atoms with Gasteiger partial charge in [-0.3, -0.25) is 4.68 Å². The Morgan fingerprint density at radius 3 is 2.64 bits per heavy atom. The molecule has 0 atom stereocenters. The van der Waals surface area contributed by atoms with Crippen molar-refractivity contribution in [3.05, 3.63) is 24.2 Å². The highest BCUT2D eigenvalue weighted by molar-refractivity contribution is 5.62. The summed E-state index contributed by atoms with van der Waals surface area (Å²) < 4.78 is 2.03. The van der Waals surface area contributed by atoms with Crippen molar-refractivity contribution < 1.29 is 0 Å². The second kappa shape index (κ2) is 7.54. The van der Waals surface area contributed by atoms with Crippen LogP contribution in [0, 0.1) is 5.92 Å². The van der Waals surface area contributed by atoms with Crippen molar-refractivity contribution in [1.82, 2.24) is 19.7 Å². The topological polar surface area (TPSA) is 55.6 Å². The van der Waals surface area contributed by atoms with Gasteiger partial charge in [-0.25, -0.2) is 9.97 Å². The molecule has 1 N–H and O–H groups in total. The number of hydrogen-bond donors (Lipinski definition) is 1. The van der Waals surface area contributed by atoms with Gasteiger partial charge in [0.1, 0.15) is 0 Å². The highest BCUT2D eigenvalue weighted by atomic mass is 15.3. The summed E-state index contributed by atoms with van der Waals surface area (Å²) in [5.74, 6) is 1.57. The minimum Gasteiger partial charge on any atom is -0.351 e. The maximum absolute atomic E-state index is 4.81. The van der Waals surface area contributed by atoms with Crippen LogP contribution in [0.3, 0.4) is 0 Å². The summed E-state index contributed by atoms with van der Waals surface area (Å²) in [6, 6.07) is 2.54. The highest BCUT2D eigenvalue weighted by Gasteiger charge is 2.21. The molecule has 5 heteroatoms. The normalized spacial score (nSPS) is 19.4. The highest BCUT2D eigenvalue weighted by Crippen LogP contribution is 2.31. The first-order chi connectivity index (χ1) is 12.3. The molecule has 0 saturated heterocycles. The van der Waals surface area contributed by atoms with Gasteiger partial charge in [-0.15, -0.1) is 0 Å². The molecule has 2 aromatic heterocycles. The van der Waals surface area contributed by atoms with Gasteiger partial charge >= 0.3 is 0 Å². The molecule has 0 radical (unpaired) electrons. The summed E-state index contributed by atoms with van der Waals surface area (Å²) in [7, 11) is 2.05. The quantitative estimate of drug-likeness (QED) is 0.879. The largest absolute Gasteiger partial charge is 0.351 e. The molecule has 5 nitrogen and oxygen atoms in total. The van der Waals surface area contributed by atoms with Crippen LogP contribution in [0.25, 0.3) is 11.3 Å². The molecule has 4 rings (SSSR count). The molecule has 0 unspecified atom stereocenters. The van der Waals surface area contributed by atoms with E-state index in [0.717, 1.165) is 24.0 Å². The van der Waals surface area contributed by atoms with E-state index in [1.165, 1.54) is 69.0 Å². The minimum atomic E-state index is 0.524. The van der Waals surface area contributed by atoms with E-state index >= 15 is 0 Å². The van der Waals surface area contributed by atoms with E-state index in [1.807, 2.05) is 23.1 Å². The van der Waals surface area contributed by atoms with Crippen LogP contribution in [-0.2, 0) is 13.5 Å². The van der Waals surface area contributed by atoms with Crippen molar-refractivity contribution >= 4 is 5.95 Å². The van der Waals surface area contributed by atoms with Gasteiger partial charge in [-0.05, 0) is 31.2 Å². The van der Waals surface area contributed by atoms with Crippen molar-refractivity contribution in [1.29, 1.82) is 0 Å². The van der Waals surface area contributed by atoms with Crippen molar-refractivity contribution in [2.75, 3.05) is 5.32 Å². The predicted octanol–water partition coefficient (Wildman–Crippen LogP) is 4.35. The number of aromatic nitrogens is 4. The fourth-order valence-corrected chi connectivity index (χ4v) is 4.41. The van der Waals surface area contributed by atoms with Gasteiger partial charge < -0.3 is 5.32 Å². The van der Waals surface area contributed by atoms with E-state index in [9.17, 15) is 0 Å². The lowest BCUT2D eigenvalue weighted by atomic mass is 9.96. The molecule has 25 heavy (non-hydrogen) atoms. The van der Waals surface area contributed by atoms with Gasteiger partial charge in [0.05, 0.1) is 11.9 Å². The SMILES string of the molecule is Cn1ncc(-c2ccnc(NC3CCCCC3)n2)c1CC1CCCC1. The van der Waals surface area contributed by atoms with Crippen molar-refractivity contribution in [3.8, 4) is 11.3 Å². The maximum atomic E-state index is 4.81. The lowest BCUT2D eigenvalue weighted by molar-refractivity contribution is 0.461. The Bertz CT molecular complexity index is 696. The van der Waals surface area contributed by atoms with Gasteiger partial charge in [0, 0.05) is 30.5 Å². The Labute approximate surface area is 150 Å². The number of anilines is 1. The smallest absolute Gasteiger partial charge is 0.223 e. The first-order valence-electron chi connectivity index (χ1n) is 9.90. The Kier molecular flexibility index (Phi) is 4.99. The fourth-order valence-electron chi connectivity index (χ4n) is 4.41. The first-order valence-corrected chi connectivity index (χ1v) is 9.90. The molecule has 2 aromatic rings. The molecule has 2 fully saturated rings. The van der Waals surface area contributed by atoms with Crippen LogP contribution < -0.4 is 5.32 Å². The molecule has 2 saturated carbocycles. The number of aryl methyl sites for hydroxylation is 1. The van der Waals surface area contributed by atoms with Gasteiger partial charge in [0.2, 0.25) is 5.95 Å². The minimum absolute atomic E-state index is 0.524. The second-order valence-electron chi connectivity index (χ2n) is 7.73. The molecule has 0 aliphatic heterocycles. The molecule has 0 aromatic carbocycles. The first kappa shape index (κ1) is 16.6. The average Bonchev–Trinajstić information content (AvgIpc) is 3.27. The standard InChI is InChI=1S/C20H29N5/c1-25-19(13-15-7-5-6-8-15)17(14-22-25)18-11-12-21-20(24-18)23-16-9-3-2-4-10-16/h11-12,14-16H,2-10,13H2,1H3,(H,21,23,24). The Hall–Kier alpha value is -1.91. The Morgan fingerprint density at radius 2 is 1.84 bits per heavy atom. The summed E-state index contributed by atoms with van der Waals surface area (Å²) in [5, 5.41) is 8.06. The van der Waals surface area contributed by atoms with Crippen LogP contribution in [0.1, 0.15) is 63.5 Å². The van der Waals surface area contributed by atoms with Crippen LogP contribution in [0.2, 0.25) is 0 Å². The van der Waals surface area contributed by atoms with Crippen LogP contribution in [0.5, 0.6) is 0 Å². The molecular formula is C20H29N5. The van der Waals surface area contributed by atoms with Crippen molar-refractivity contribution in [3.63, 3.8) is 0 Å². The van der Waals surface area contributed by atoms with E-state index in [1.54, 1.807) is 0 Å². The van der Waals surface area contributed by atoms with E-state index in [2.05, 4.69) is 22.4 Å². The predicted molar refractivity (Wildman–Crippen MR) is 100 cm³/mol. The van der Waals surface area contributed by atoms with Crippen LogP contribution in [0.4, 0.5) is 5.95 Å². The van der Waals surface area contributed by atoms with E-state index < -0.39 is 0 Å². The Morgan fingerprint density at radius 1 is 1.08 bits per heavy atom. The molecular weight excluding hydrogens is 310 g/mol. The molecule has 0 amide bonds. The lowest BCUT2D eigenvalue weighted by Gasteiger charge is -2.22. The van der Waals surface area contributed by atoms with E-state index in [4.69, 9.17) is 4.98 Å². The maximum Gasteiger partial charge on any atom is 0.223 e. The molecule has 0 bridgehead atoms. The second-order valence-corrected chi connectivity index (χ2v) is 7.73. The lowest BCUT2D eigenvalue weighted by Crippen LogP contribution is -2.23. The number of nitrogens with one attached hydrogen (secondary N) is 1. The summed E-state index contributed by atoms with van der Waals surface area (Å²) in [4.78, 5) is 9.26. The summed E-state index contributed by atoms with van der Waals surface area (Å²) >= 11 is 0. The average molecular weight is 339 g/mol. The van der Waals surface area contributed by atoms with Gasteiger partial charge in [0.25, 0.3) is 0 Å². The summed E-state index contributed by atoms with van der Waals surface area (Å²) in [6.45, 7) is 0. The zero-order valence-corrected chi connectivity index (χ0v) is 15.2. The van der Waals surface area contributed by atoms with Gasteiger partial charge in [0.15, 0.2) is 0 Å². The molecule has 0 spiro atoms. The van der Waals surface area contributed by atoms with Crippen LogP contribution >= 0.6 is 0 Å². The Balaban J connectivity index is 1.54. The molecule has 134 valence electrons. The van der Waals surface area contributed by atoms with E-state index in [0.29, 0.717) is 6.04 Å². The van der Waals surface area contributed by atoms with Crippen LogP contribution in [0.15, 0.2) is 18.5 Å². The van der Waals surface area contributed by atoms with Crippen molar-refractivity contribution in [2.45, 2.75) is 70.3 Å². The van der Waals surface area contributed by atoms with Gasteiger partial charge in [-0.1, -0.05) is 44.9 Å². The van der Waals surface area contributed by atoms with Crippen LogP contribution in [-0.4, -0.2) is 25.8 Å². The fraction of sp³-hybridized carbons (Fsp3) is 0.650. The van der Waals surface area contributed by atoms with E-state index in [-0.39, 0.29) is 0 Å². The number of rotatable bonds is 5. The third-order valence-electron chi connectivity index (χ3n) is 5.89. The monoisotopic (exact) mass is 339 g/mol. The number of hydrogen-bond acceptors (Lipinski definition) is 4. The zero-order valence-electron chi connectivity index (χ0n) is 15.2. The third kappa shape index (κ3) is 3.86. The molecule has 2 aliphatic carbocycles. The molecule has 2 aliphatic rings. The number of nitrogens with zero attached hydrogens (tertiary/aromatic N) is 4. The molecule has 2 heterocycles. The summed E-state index contributed by atoms with van der Waals surface area (Å²) in [5.41, 5.74) is 3.48. The zero-order chi connectivity index (χ0) is 17.1. The van der Waals surface area contributed by atoms with Gasteiger partial charge in [-0.2, -0.15) is 5.10 Å². The third-order valence-corrected chi connectivity index (χ3v) is 5.89.